The molecule has 1 amide bonds. The van der Waals surface area contributed by atoms with Crippen molar-refractivity contribution in [3.05, 3.63) is 89.4 Å². The molecule has 0 aliphatic rings. The molecule has 31 heavy (non-hydrogen) atoms. The fourth-order valence-corrected chi connectivity index (χ4v) is 3.63. The Morgan fingerprint density at radius 1 is 1.03 bits per heavy atom. The van der Waals surface area contributed by atoms with E-state index in [1.807, 2.05) is 55.5 Å². The maximum Gasteiger partial charge on any atom is 0.290 e. The Morgan fingerprint density at radius 3 is 2.61 bits per heavy atom. The molecule has 0 aliphatic heterocycles. The van der Waals surface area contributed by atoms with Crippen LogP contribution in [0.1, 0.15) is 27.2 Å². The van der Waals surface area contributed by atoms with Gasteiger partial charge in [-0.2, -0.15) is 0 Å². The number of rotatable bonds is 7. The van der Waals surface area contributed by atoms with Crippen LogP contribution in [0.2, 0.25) is 0 Å². The highest BCUT2D eigenvalue weighted by Gasteiger charge is 2.25. The van der Waals surface area contributed by atoms with Crippen LogP contribution in [0.4, 0.5) is 0 Å². The van der Waals surface area contributed by atoms with Gasteiger partial charge in [0, 0.05) is 41.5 Å². The smallest absolute Gasteiger partial charge is 0.290 e. The summed E-state index contributed by atoms with van der Waals surface area (Å²) in [5.41, 5.74) is 3.27. The fourth-order valence-electron chi connectivity index (χ4n) is 3.63. The molecule has 0 bridgehead atoms. The third-order valence-electron chi connectivity index (χ3n) is 5.28. The Kier molecular flexibility index (Phi) is 5.89. The SMILES string of the molecule is COc1ccc2c(C)c(C(=O)N(Cc3cccnc3)Cc3ccccc3OC)oc2c1. The number of amides is 1. The number of benzene rings is 2. The minimum atomic E-state index is -0.192. The number of aromatic nitrogens is 1. The third kappa shape index (κ3) is 4.23. The summed E-state index contributed by atoms with van der Waals surface area (Å²) < 4.78 is 16.8. The molecule has 2 aromatic carbocycles. The Labute approximate surface area is 181 Å². The zero-order valence-electron chi connectivity index (χ0n) is 17.8. The first kappa shape index (κ1) is 20.5. The fraction of sp³-hybridized carbons (Fsp3) is 0.200. The molecule has 4 aromatic rings. The molecule has 2 heterocycles. The van der Waals surface area contributed by atoms with Crippen molar-refractivity contribution in [2.45, 2.75) is 20.0 Å². The van der Waals surface area contributed by atoms with Gasteiger partial charge in [0.05, 0.1) is 20.8 Å². The number of para-hydroxylation sites is 1. The van der Waals surface area contributed by atoms with Crippen LogP contribution in [0.5, 0.6) is 11.5 Å². The Hall–Kier alpha value is -3.80. The van der Waals surface area contributed by atoms with Crippen molar-refractivity contribution in [2.75, 3.05) is 14.2 Å². The molecule has 158 valence electrons. The molecule has 0 radical (unpaired) electrons. The number of fused-ring (bicyclic) bond motifs is 1. The summed E-state index contributed by atoms with van der Waals surface area (Å²) in [4.78, 5) is 19.6. The second-order valence-electron chi connectivity index (χ2n) is 7.25. The summed E-state index contributed by atoms with van der Waals surface area (Å²) in [7, 11) is 3.23. The number of ether oxygens (including phenoxy) is 2. The van der Waals surface area contributed by atoms with Crippen LogP contribution < -0.4 is 9.47 Å². The topological polar surface area (TPSA) is 64.8 Å². The van der Waals surface area contributed by atoms with E-state index in [0.29, 0.717) is 30.2 Å². The van der Waals surface area contributed by atoms with Crippen molar-refractivity contribution in [3.8, 4) is 11.5 Å². The molecule has 0 N–H and O–H groups in total. The van der Waals surface area contributed by atoms with Crippen LogP contribution in [0.25, 0.3) is 11.0 Å². The van der Waals surface area contributed by atoms with E-state index in [1.54, 1.807) is 37.6 Å². The van der Waals surface area contributed by atoms with Crippen molar-refractivity contribution < 1.29 is 18.7 Å². The van der Waals surface area contributed by atoms with Crippen molar-refractivity contribution in [3.63, 3.8) is 0 Å². The molecule has 2 aromatic heterocycles. The maximum absolute atomic E-state index is 13.6. The van der Waals surface area contributed by atoms with Gasteiger partial charge in [-0.15, -0.1) is 0 Å². The monoisotopic (exact) mass is 416 g/mol. The first-order chi connectivity index (χ1) is 15.1. The number of furan rings is 1. The van der Waals surface area contributed by atoms with Crippen molar-refractivity contribution in [2.24, 2.45) is 0 Å². The molecule has 6 heteroatoms. The molecule has 6 nitrogen and oxygen atoms in total. The molecule has 4 rings (SSSR count). The van der Waals surface area contributed by atoms with E-state index < -0.39 is 0 Å². The van der Waals surface area contributed by atoms with Gasteiger partial charge in [-0.25, -0.2) is 0 Å². The van der Waals surface area contributed by atoms with Gasteiger partial charge >= 0.3 is 0 Å². The van der Waals surface area contributed by atoms with Crippen LogP contribution in [-0.2, 0) is 13.1 Å². The van der Waals surface area contributed by atoms with E-state index in [4.69, 9.17) is 13.9 Å². The van der Waals surface area contributed by atoms with E-state index in [1.165, 1.54) is 0 Å². The summed E-state index contributed by atoms with van der Waals surface area (Å²) in [5.74, 6) is 1.54. The van der Waals surface area contributed by atoms with Crippen molar-refractivity contribution >= 4 is 16.9 Å². The Bertz CT molecular complexity index is 1200. The third-order valence-corrected chi connectivity index (χ3v) is 5.28. The average molecular weight is 416 g/mol. The van der Waals surface area contributed by atoms with E-state index >= 15 is 0 Å². The van der Waals surface area contributed by atoms with Gasteiger partial charge in [0.1, 0.15) is 17.1 Å². The molecule has 0 unspecified atom stereocenters. The van der Waals surface area contributed by atoms with E-state index in [2.05, 4.69) is 4.98 Å². The lowest BCUT2D eigenvalue weighted by Gasteiger charge is -2.23. The summed E-state index contributed by atoms with van der Waals surface area (Å²) in [6.45, 7) is 2.67. The number of methoxy groups -OCH3 is 2. The van der Waals surface area contributed by atoms with Gasteiger partial charge < -0.3 is 18.8 Å². The van der Waals surface area contributed by atoms with Crippen molar-refractivity contribution in [1.82, 2.24) is 9.88 Å². The second kappa shape index (κ2) is 8.92. The van der Waals surface area contributed by atoms with Gasteiger partial charge in [0.2, 0.25) is 0 Å². The predicted octanol–water partition coefficient (Wildman–Crippen LogP) is 5.00. The largest absolute Gasteiger partial charge is 0.497 e. The highest BCUT2D eigenvalue weighted by Crippen LogP contribution is 2.30. The summed E-state index contributed by atoms with van der Waals surface area (Å²) >= 11 is 0. The van der Waals surface area contributed by atoms with Gasteiger partial charge in [0.25, 0.3) is 5.91 Å². The highest BCUT2D eigenvalue weighted by atomic mass is 16.5. The average Bonchev–Trinajstić information content (AvgIpc) is 3.14. The summed E-state index contributed by atoms with van der Waals surface area (Å²) in [6.07, 6.45) is 3.48. The molecular formula is C25H24N2O4. The molecule has 0 aliphatic carbocycles. The standard InChI is InChI=1S/C25H24N2O4/c1-17-21-11-10-20(29-2)13-23(21)31-24(17)25(28)27(15-18-7-6-12-26-14-18)16-19-8-4-5-9-22(19)30-3/h4-14H,15-16H2,1-3H3. The first-order valence-corrected chi connectivity index (χ1v) is 9.98. The molecule has 0 saturated heterocycles. The number of hydrogen-bond acceptors (Lipinski definition) is 5. The highest BCUT2D eigenvalue weighted by molar-refractivity contribution is 5.99. The van der Waals surface area contributed by atoms with E-state index in [0.717, 1.165) is 27.8 Å². The van der Waals surface area contributed by atoms with Crippen LogP contribution in [0, 0.1) is 6.92 Å². The molecule has 0 spiro atoms. The lowest BCUT2D eigenvalue weighted by molar-refractivity contribution is 0.0697. The molecule has 0 atom stereocenters. The number of aryl methyl sites for hydroxylation is 1. The second-order valence-corrected chi connectivity index (χ2v) is 7.25. The lowest BCUT2D eigenvalue weighted by Crippen LogP contribution is -2.30. The number of pyridine rings is 1. The predicted molar refractivity (Wildman–Crippen MR) is 118 cm³/mol. The van der Waals surface area contributed by atoms with Gasteiger partial charge in [-0.1, -0.05) is 24.3 Å². The maximum atomic E-state index is 13.6. The minimum Gasteiger partial charge on any atom is -0.497 e. The van der Waals surface area contributed by atoms with Gasteiger partial charge in [-0.3, -0.25) is 9.78 Å². The zero-order chi connectivity index (χ0) is 21.8. The van der Waals surface area contributed by atoms with Crippen molar-refractivity contribution in [1.29, 1.82) is 0 Å². The minimum absolute atomic E-state index is 0.192. The zero-order valence-corrected chi connectivity index (χ0v) is 17.8. The lowest BCUT2D eigenvalue weighted by atomic mass is 10.1. The summed E-state index contributed by atoms with van der Waals surface area (Å²) in [5, 5.41) is 0.891. The van der Waals surface area contributed by atoms with Crippen LogP contribution in [0.15, 0.2) is 71.4 Å². The number of nitrogens with zero attached hydrogens (tertiary/aromatic N) is 2. The molecule has 0 saturated carbocycles. The Balaban J connectivity index is 1.72. The normalized spacial score (nSPS) is 10.8. The van der Waals surface area contributed by atoms with E-state index in [-0.39, 0.29) is 5.91 Å². The quantitative estimate of drug-likeness (QED) is 0.424. The van der Waals surface area contributed by atoms with Crippen LogP contribution in [0.3, 0.4) is 0 Å². The number of hydrogen-bond donors (Lipinski definition) is 0. The number of carbonyl (C=O) groups is 1. The first-order valence-electron chi connectivity index (χ1n) is 9.98. The van der Waals surface area contributed by atoms with Gasteiger partial charge in [0.15, 0.2) is 5.76 Å². The van der Waals surface area contributed by atoms with E-state index in [9.17, 15) is 4.79 Å². The molecule has 0 fully saturated rings. The van der Waals surface area contributed by atoms with Crippen LogP contribution in [-0.4, -0.2) is 30.0 Å². The Morgan fingerprint density at radius 2 is 1.87 bits per heavy atom. The molecular weight excluding hydrogens is 392 g/mol. The van der Waals surface area contributed by atoms with Gasteiger partial charge in [-0.05, 0) is 36.8 Å². The summed E-state index contributed by atoms with van der Waals surface area (Å²) in [6, 6.07) is 17.1. The number of carbonyl (C=O) groups excluding carboxylic acids is 1. The van der Waals surface area contributed by atoms with Crippen LogP contribution >= 0.6 is 0 Å².